The zero-order valence-electron chi connectivity index (χ0n) is 10.7. The number of benzene rings is 1. The smallest absolute Gasteiger partial charge is 0.0663 e. The summed E-state index contributed by atoms with van der Waals surface area (Å²) in [7, 11) is 0. The van der Waals surface area contributed by atoms with Crippen molar-refractivity contribution in [3.63, 3.8) is 0 Å². The fourth-order valence-corrected chi connectivity index (χ4v) is 2.61. The van der Waals surface area contributed by atoms with E-state index >= 15 is 0 Å². The van der Waals surface area contributed by atoms with Crippen LogP contribution in [0.15, 0.2) is 24.3 Å². The topological polar surface area (TPSA) is 41.5 Å². The quantitative estimate of drug-likeness (QED) is 0.883. The molecule has 2 rings (SSSR count). The Balaban J connectivity index is 2.15. The molecule has 1 aliphatic heterocycles. The highest BCUT2D eigenvalue weighted by Gasteiger charge is 2.36. The molecule has 1 saturated heterocycles. The normalized spacial score (nSPS) is 28.1. The van der Waals surface area contributed by atoms with Crippen molar-refractivity contribution in [2.24, 2.45) is 0 Å². The Morgan fingerprint density at radius 3 is 2.94 bits per heavy atom. The van der Waals surface area contributed by atoms with Crippen LogP contribution in [0.4, 0.5) is 5.69 Å². The second kappa shape index (κ2) is 5.91. The number of rotatable bonds is 4. The Labute approximate surface area is 113 Å². The minimum absolute atomic E-state index is 0.0953. The predicted octanol–water partition coefficient (Wildman–Crippen LogP) is 3.07. The first-order valence-electron chi connectivity index (χ1n) is 6.44. The van der Waals surface area contributed by atoms with Gasteiger partial charge in [0.2, 0.25) is 0 Å². The van der Waals surface area contributed by atoms with E-state index in [1.165, 1.54) is 0 Å². The van der Waals surface area contributed by atoms with Crippen molar-refractivity contribution in [1.29, 1.82) is 0 Å². The maximum Gasteiger partial charge on any atom is 0.0663 e. The average molecular weight is 270 g/mol. The summed E-state index contributed by atoms with van der Waals surface area (Å²) in [5.74, 6) is 0. The molecule has 2 unspecified atom stereocenters. The zero-order chi connectivity index (χ0) is 13.0. The highest BCUT2D eigenvalue weighted by atomic mass is 35.5. The number of aliphatic hydroxyl groups excluding tert-OH is 1. The van der Waals surface area contributed by atoms with Crippen LogP contribution >= 0.6 is 11.6 Å². The van der Waals surface area contributed by atoms with Gasteiger partial charge in [-0.2, -0.15) is 0 Å². The molecule has 0 bridgehead atoms. The van der Waals surface area contributed by atoms with Crippen LogP contribution in [0.5, 0.6) is 0 Å². The Morgan fingerprint density at radius 2 is 2.28 bits per heavy atom. The van der Waals surface area contributed by atoms with E-state index in [0.29, 0.717) is 11.6 Å². The number of nitrogens with one attached hydrogen (secondary N) is 1. The third-order valence-corrected chi connectivity index (χ3v) is 3.91. The van der Waals surface area contributed by atoms with Gasteiger partial charge in [0.1, 0.15) is 0 Å². The number of hydrogen-bond acceptors (Lipinski definition) is 3. The van der Waals surface area contributed by atoms with Crippen LogP contribution in [0.25, 0.3) is 0 Å². The standard InChI is InChI=1S/C14H20ClNO2/c1-2-11-9-14(10-17,7-8-18-11)16-13-6-4-3-5-12(13)15/h3-6,11,16-17H,2,7-10H2,1H3. The molecule has 1 aliphatic rings. The van der Waals surface area contributed by atoms with E-state index in [0.717, 1.165) is 24.9 Å². The lowest BCUT2D eigenvalue weighted by molar-refractivity contribution is -0.0273. The molecular weight excluding hydrogens is 250 g/mol. The number of para-hydroxylation sites is 1. The summed E-state index contributed by atoms with van der Waals surface area (Å²) in [6.45, 7) is 2.88. The molecule has 0 aliphatic carbocycles. The lowest BCUT2D eigenvalue weighted by atomic mass is 9.86. The van der Waals surface area contributed by atoms with E-state index in [-0.39, 0.29) is 18.2 Å². The van der Waals surface area contributed by atoms with Gasteiger partial charge in [-0.25, -0.2) is 0 Å². The zero-order valence-corrected chi connectivity index (χ0v) is 11.4. The molecule has 0 saturated carbocycles. The van der Waals surface area contributed by atoms with E-state index in [2.05, 4.69) is 12.2 Å². The van der Waals surface area contributed by atoms with Crippen molar-refractivity contribution >= 4 is 17.3 Å². The van der Waals surface area contributed by atoms with Crippen LogP contribution in [0.2, 0.25) is 5.02 Å². The lowest BCUT2D eigenvalue weighted by Crippen LogP contribution is -2.49. The summed E-state index contributed by atoms with van der Waals surface area (Å²) < 4.78 is 5.67. The molecular formula is C14H20ClNO2. The Kier molecular flexibility index (Phi) is 4.49. The SMILES string of the molecule is CCC1CC(CO)(Nc2ccccc2Cl)CCO1. The van der Waals surface area contributed by atoms with Crippen LogP contribution in [-0.2, 0) is 4.74 Å². The molecule has 1 fully saturated rings. The highest BCUT2D eigenvalue weighted by molar-refractivity contribution is 6.33. The Hall–Kier alpha value is -0.770. The minimum Gasteiger partial charge on any atom is -0.394 e. The first-order chi connectivity index (χ1) is 8.69. The summed E-state index contributed by atoms with van der Waals surface area (Å²) in [6, 6.07) is 7.63. The molecule has 1 aromatic carbocycles. The third kappa shape index (κ3) is 2.97. The first-order valence-corrected chi connectivity index (χ1v) is 6.82. The summed E-state index contributed by atoms with van der Waals surface area (Å²) in [5, 5.41) is 13.8. The first kappa shape index (κ1) is 13.7. The van der Waals surface area contributed by atoms with E-state index in [1.807, 2.05) is 24.3 Å². The number of hydrogen-bond donors (Lipinski definition) is 2. The van der Waals surface area contributed by atoms with E-state index in [4.69, 9.17) is 16.3 Å². The minimum atomic E-state index is -0.316. The van der Waals surface area contributed by atoms with Crippen LogP contribution in [0.3, 0.4) is 0 Å². The van der Waals surface area contributed by atoms with Crippen molar-refractivity contribution in [3.05, 3.63) is 29.3 Å². The average Bonchev–Trinajstić information content (AvgIpc) is 2.42. The molecule has 0 aromatic heterocycles. The fourth-order valence-electron chi connectivity index (χ4n) is 2.42. The van der Waals surface area contributed by atoms with Crippen LogP contribution < -0.4 is 5.32 Å². The molecule has 18 heavy (non-hydrogen) atoms. The van der Waals surface area contributed by atoms with E-state index in [1.54, 1.807) is 0 Å². The highest BCUT2D eigenvalue weighted by Crippen LogP contribution is 2.32. The summed E-state index contributed by atoms with van der Waals surface area (Å²) in [5.41, 5.74) is 0.564. The van der Waals surface area contributed by atoms with Gasteiger partial charge in [-0.05, 0) is 31.4 Å². The number of anilines is 1. The third-order valence-electron chi connectivity index (χ3n) is 3.58. The number of aliphatic hydroxyl groups is 1. The second-order valence-corrected chi connectivity index (χ2v) is 5.31. The molecule has 1 heterocycles. The monoisotopic (exact) mass is 269 g/mol. The van der Waals surface area contributed by atoms with Crippen molar-refractivity contribution in [2.75, 3.05) is 18.5 Å². The van der Waals surface area contributed by atoms with Crippen LogP contribution in [-0.4, -0.2) is 30.0 Å². The molecule has 2 atom stereocenters. The van der Waals surface area contributed by atoms with Gasteiger partial charge in [0.15, 0.2) is 0 Å². The molecule has 100 valence electrons. The van der Waals surface area contributed by atoms with Gasteiger partial charge in [0, 0.05) is 6.61 Å². The Bertz CT molecular complexity index is 399. The molecule has 0 spiro atoms. The maximum absolute atomic E-state index is 9.75. The molecule has 2 N–H and O–H groups in total. The fraction of sp³-hybridized carbons (Fsp3) is 0.571. The second-order valence-electron chi connectivity index (χ2n) is 4.90. The lowest BCUT2D eigenvalue weighted by Gasteiger charge is -2.41. The van der Waals surface area contributed by atoms with Crippen LogP contribution in [0.1, 0.15) is 26.2 Å². The van der Waals surface area contributed by atoms with Crippen molar-refractivity contribution in [2.45, 2.75) is 37.8 Å². The summed E-state index contributed by atoms with van der Waals surface area (Å²) >= 11 is 6.16. The Morgan fingerprint density at radius 1 is 1.50 bits per heavy atom. The van der Waals surface area contributed by atoms with Gasteiger partial charge in [-0.3, -0.25) is 0 Å². The van der Waals surface area contributed by atoms with Gasteiger partial charge >= 0.3 is 0 Å². The predicted molar refractivity (Wildman–Crippen MR) is 74.2 cm³/mol. The van der Waals surface area contributed by atoms with Gasteiger partial charge in [0.05, 0.1) is 29.0 Å². The summed E-state index contributed by atoms with van der Waals surface area (Å²) in [6.07, 6.45) is 2.78. The largest absolute Gasteiger partial charge is 0.394 e. The van der Waals surface area contributed by atoms with Gasteiger partial charge in [0.25, 0.3) is 0 Å². The molecule has 4 heteroatoms. The van der Waals surface area contributed by atoms with E-state index in [9.17, 15) is 5.11 Å². The van der Waals surface area contributed by atoms with Crippen molar-refractivity contribution < 1.29 is 9.84 Å². The van der Waals surface area contributed by atoms with Crippen molar-refractivity contribution in [3.8, 4) is 0 Å². The molecule has 0 radical (unpaired) electrons. The summed E-state index contributed by atoms with van der Waals surface area (Å²) in [4.78, 5) is 0. The maximum atomic E-state index is 9.75. The number of halogens is 1. The van der Waals surface area contributed by atoms with Gasteiger partial charge in [-0.15, -0.1) is 0 Å². The van der Waals surface area contributed by atoms with Crippen molar-refractivity contribution in [1.82, 2.24) is 0 Å². The molecule has 1 aromatic rings. The van der Waals surface area contributed by atoms with Gasteiger partial charge in [-0.1, -0.05) is 30.7 Å². The van der Waals surface area contributed by atoms with E-state index < -0.39 is 0 Å². The molecule has 3 nitrogen and oxygen atoms in total. The van der Waals surface area contributed by atoms with Crippen LogP contribution in [0, 0.1) is 0 Å². The number of ether oxygens (including phenoxy) is 1. The van der Waals surface area contributed by atoms with Gasteiger partial charge < -0.3 is 15.2 Å². The molecule has 0 amide bonds.